The van der Waals surface area contributed by atoms with E-state index in [-0.39, 0.29) is 30.1 Å². The molecule has 5 nitrogen and oxygen atoms in total. The van der Waals surface area contributed by atoms with Crippen LogP contribution in [-0.2, 0) is 17.8 Å². The molecule has 0 fully saturated rings. The number of amides is 1. The molecule has 0 aliphatic carbocycles. The molecule has 0 spiro atoms. The summed E-state index contributed by atoms with van der Waals surface area (Å²) >= 11 is 1.35. The molecule has 1 aliphatic heterocycles. The maximum Gasteiger partial charge on any atom is 0.230 e. The van der Waals surface area contributed by atoms with E-state index in [2.05, 4.69) is 10.5 Å². The summed E-state index contributed by atoms with van der Waals surface area (Å²) in [5.74, 6) is 1.35. The molecule has 4 rings (SSSR count). The zero-order valence-electron chi connectivity index (χ0n) is 15.3. The number of benzene rings is 2. The second kappa shape index (κ2) is 8.06. The van der Waals surface area contributed by atoms with Crippen LogP contribution in [0.3, 0.4) is 0 Å². The van der Waals surface area contributed by atoms with Gasteiger partial charge in [0.2, 0.25) is 5.91 Å². The van der Waals surface area contributed by atoms with Crippen LogP contribution in [0.4, 0.5) is 4.39 Å². The number of nitrogens with zero attached hydrogens (tertiary/aromatic N) is 1. The number of rotatable bonds is 6. The molecule has 1 aliphatic rings. The van der Waals surface area contributed by atoms with Gasteiger partial charge in [0, 0.05) is 22.9 Å². The molecular weight excluding hydrogens is 379 g/mol. The zero-order chi connectivity index (χ0) is 19.5. The lowest BCUT2D eigenvalue weighted by molar-refractivity contribution is -0.118. The van der Waals surface area contributed by atoms with Gasteiger partial charge in [0.05, 0.1) is 12.3 Å². The highest BCUT2D eigenvalue weighted by Crippen LogP contribution is 2.33. The predicted molar refractivity (Wildman–Crippen MR) is 105 cm³/mol. The first-order valence-electron chi connectivity index (χ1n) is 8.97. The van der Waals surface area contributed by atoms with Crippen molar-refractivity contribution in [3.63, 3.8) is 0 Å². The number of thioether (sulfide) groups is 1. The van der Waals surface area contributed by atoms with E-state index in [4.69, 9.17) is 9.26 Å². The molecule has 0 radical (unpaired) electrons. The minimum atomic E-state index is -0.292. The molecular formula is C21H19FN2O3S. The van der Waals surface area contributed by atoms with Gasteiger partial charge in [0.15, 0.2) is 5.76 Å². The van der Waals surface area contributed by atoms with Gasteiger partial charge < -0.3 is 14.6 Å². The third-order valence-corrected chi connectivity index (χ3v) is 5.41. The smallest absolute Gasteiger partial charge is 0.230 e. The van der Waals surface area contributed by atoms with Crippen molar-refractivity contribution in [2.75, 3.05) is 5.75 Å². The lowest BCUT2D eigenvalue weighted by Crippen LogP contribution is -2.24. The quantitative estimate of drug-likeness (QED) is 0.630. The summed E-state index contributed by atoms with van der Waals surface area (Å²) in [4.78, 5) is 12.9. The number of fused-ring (bicyclic) bond motifs is 1. The molecule has 2 aromatic carbocycles. The minimum absolute atomic E-state index is 0.126. The summed E-state index contributed by atoms with van der Waals surface area (Å²) in [6.07, 6.45) is 1.11. The van der Waals surface area contributed by atoms with Crippen molar-refractivity contribution >= 4 is 17.7 Å². The Hall–Kier alpha value is -2.80. The van der Waals surface area contributed by atoms with E-state index in [9.17, 15) is 9.18 Å². The van der Waals surface area contributed by atoms with E-state index in [1.165, 1.54) is 29.5 Å². The number of hydrogen-bond donors (Lipinski definition) is 1. The first-order valence-corrected chi connectivity index (χ1v) is 9.96. The normalized spacial score (nSPS) is 15.1. The van der Waals surface area contributed by atoms with Crippen molar-refractivity contribution in [1.82, 2.24) is 10.5 Å². The van der Waals surface area contributed by atoms with E-state index in [1.54, 1.807) is 12.1 Å². The average Bonchev–Trinajstić information content (AvgIpc) is 3.30. The molecule has 0 saturated heterocycles. The molecule has 1 aromatic heterocycles. The molecule has 144 valence electrons. The number of ether oxygens (including phenoxy) is 1. The topological polar surface area (TPSA) is 64.4 Å². The van der Waals surface area contributed by atoms with Gasteiger partial charge in [-0.3, -0.25) is 4.79 Å². The molecule has 3 aromatic rings. The number of hydrogen-bond acceptors (Lipinski definition) is 5. The van der Waals surface area contributed by atoms with Crippen LogP contribution in [0, 0.1) is 5.82 Å². The maximum absolute atomic E-state index is 12.9. The second-order valence-electron chi connectivity index (χ2n) is 6.66. The van der Waals surface area contributed by atoms with Crippen molar-refractivity contribution in [3.05, 3.63) is 65.6 Å². The van der Waals surface area contributed by atoms with Crippen molar-refractivity contribution in [1.29, 1.82) is 0 Å². The van der Waals surface area contributed by atoms with Crippen LogP contribution in [0.5, 0.6) is 5.75 Å². The molecule has 28 heavy (non-hydrogen) atoms. The Kier molecular flexibility index (Phi) is 5.34. The highest BCUT2D eigenvalue weighted by molar-refractivity contribution is 8.00. The van der Waals surface area contributed by atoms with E-state index < -0.39 is 0 Å². The van der Waals surface area contributed by atoms with Gasteiger partial charge in [-0.15, -0.1) is 11.8 Å². The summed E-state index contributed by atoms with van der Waals surface area (Å²) in [5, 5.41) is 6.83. The number of nitrogens with one attached hydrogen (secondary N) is 1. The van der Waals surface area contributed by atoms with Gasteiger partial charge in [-0.2, -0.15) is 0 Å². The first kappa shape index (κ1) is 18.6. The number of carbonyl (C=O) groups is 1. The summed E-state index contributed by atoms with van der Waals surface area (Å²) in [6.45, 7) is 2.33. The largest absolute Gasteiger partial charge is 0.490 e. The highest BCUT2D eigenvalue weighted by atomic mass is 32.2. The van der Waals surface area contributed by atoms with Crippen LogP contribution < -0.4 is 10.1 Å². The van der Waals surface area contributed by atoms with E-state index >= 15 is 0 Å². The molecule has 1 N–H and O–H groups in total. The molecule has 1 unspecified atom stereocenters. The summed E-state index contributed by atoms with van der Waals surface area (Å²) in [6, 6.07) is 13.9. The van der Waals surface area contributed by atoms with Gasteiger partial charge in [-0.1, -0.05) is 17.3 Å². The number of halogens is 1. The molecule has 2 heterocycles. The molecule has 1 amide bonds. The molecule has 0 bridgehead atoms. The van der Waals surface area contributed by atoms with Gasteiger partial charge >= 0.3 is 0 Å². The fourth-order valence-corrected chi connectivity index (χ4v) is 3.73. The Morgan fingerprint density at radius 1 is 1.25 bits per heavy atom. The Labute approximate surface area is 166 Å². The van der Waals surface area contributed by atoms with Crippen molar-refractivity contribution in [2.45, 2.75) is 30.9 Å². The predicted octanol–water partition coefficient (Wildman–Crippen LogP) is 4.21. The Morgan fingerprint density at radius 2 is 2.07 bits per heavy atom. The highest BCUT2D eigenvalue weighted by Gasteiger charge is 2.20. The summed E-state index contributed by atoms with van der Waals surface area (Å²) in [5.41, 5.74) is 2.73. The number of carbonyl (C=O) groups excluding carboxylic acids is 1. The third-order valence-electron chi connectivity index (χ3n) is 4.40. The number of aromatic nitrogens is 1. The summed E-state index contributed by atoms with van der Waals surface area (Å²) < 4.78 is 24.1. The standard InChI is InChI=1S/C21H19FN2O3S/c1-13-8-14-2-3-15(9-19(14)26-13)20-10-17(24-27-20)11-23-21(25)12-28-18-6-4-16(22)5-7-18/h2-7,9-10,13H,8,11-12H2,1H3,(H,23,25). The lowest BCUT2D eigenvalue weighted by atomic mass is 10.1. The Balaban J connectivity index is 1.31. The molecule has 1 atom stereocenters. The average molecular weight is 398 g/mol. The van der Waals surface area contributed by atoms with Crippen LogP contribution in [0.1, 0.15) is 18.2 Å². The van der Waals surface area contributed by atoms with E-state index in [0.29, 0.717) is 11.5 Å². The van der Waals surface area contributed by atoms with Crippen molar-refractivity contribution in [2.24, 2.45) is 0 Å². The molecule has 0 saturated carbocycles. The van der Waals surface area contributed by atoms with Crippen LogP contribution >= 0.6 is 11.8 Å². The maximum atomic E-state index is 12.9. The van der Waals surface area contributed by atoms with Gasteiger partial charge in [0.25, 0.3) is 0 Å². The first-order chi connectivity index (χ1) is 13.6. The second-order valence-corrected chi connectivity index (χ2v) is 7.71. The lowest BCUT2D eigenvalue weighted by Gasteiger charge is -2.03. The van der Waals surface area contributed by atoms with Crippen molar-refractivity contribution in [3.8, 4) is 17.1 Å². The van der Waals surface area contributed by atoms with Crippen LogP contribution in [-0.4, -0.2) is 22.9 Å². The third kappa shape index (κ3) is 4.36. The van der Waals surface area contributed by atoms with Crippen LogP contribution in [0.15, 0.2) is 57.9 Å². The SMILES string of the molecule is CC1Cc2ccc(-c3cc(CNC(=O)CSc4ccc(F)cc4)no3)cc2O1. The monoisotopic (exact) mass is 398 g/mol. The van der Waals surface area contributed by atoms with Crippen LogP contribution in [0.2, 0.25) is 0 Å². The van der Waals surface area contributed by atoms with E-state index in [1.807, 2.05) is 31.2 Å². The molecule has 7 heteroatoms. The van der Waals surface area contributed by atoms with Gasteiger partial charge in [-0.05, 0) is 42.8 Å². The van der Waals surface area contributed by atoms with Crippen LogP contribution in [0.25, 0.3) is 11.3 Å². The Morgan fingerprint density at radius 3 is 2.89 bits per heavy atom. The summed E-state index contributed by atoms with van der Waals surface area (Å²) in [7, 11) is 0. The van der Waals surface area contributed by atoms with E-state index in [0.717, 1.165) is 22.6 Å². The fourth-order valence-electron chi connectivity index (χ4n) is 3.01. The zero-order valence-corrected chi connectivity index (χ0v) is 16.1. The van der Waals surface area contributed by atoms with Gasteiger partial charge in [-0.25, -0.2) is 4.39 Å². The van der Waals surface area contributed by atoms with Crippen molar-refractivity contribution < 1.29 is 18.4 Å². The minimum Gasteiger partial charge on any atom is -0.490 e. The Bertz CT molecular complexity index is 988. The van der Waals surface area contributed by atoms with Gasteiger partial charge in [0.1, 0.15) is 23.4 Å². The fraction of sp³-hybridized carbons (Fsp3) is 0.238.